The third-order valence-electron chi connectivity index (χ3n) is 4.44. The van der Waals surface area contributed by atoms with E-state index in [4.69, 9.17) is 4.74 Å². The van der Waals surface area contributed by atoms with Gasteiger partial charge in [0, 0.05) is 24.7 Å². The first-order valence-electron chi connectivity index (χ1n) is 9.26. The third kappa shape index (κ3) is 4.46. The molecule has 3 aromatic carbocycles. The van der Waals surface area contributed by atoms with Crippen molar-refractivity contribution in [1.82, 2.24) is 4.90 Å². The van der Waals surface area contributed by atoms with Crippen LogP contribution in [0.15, 0.2) is 78.9 Å². The first-order chi connectivity index (χ1) is 13.6. The van der Waals surface area contributed by atoms with E-state index in [9.17, 15) is 9.59 Å². The molecule has 0 aliphatic rings. The van der Waals surface area contributed by atoms with E-state index in [1.165, 1.54) is 0 Å². The van der Waals surface area contributed by atoms with Crippen LogP contribution in [0.3, 0.4) is 0 Å². The van der Waals surface area contributed by atoms with Crippen LogP contribution in [-0.2, 0) is 6.54 Å². The molecule has 0 heterocycles. The van der Waals surface area contributed by atoms with Crippen molar-refractivity contribution in [2.75, 3.05) is 13.7 Å². The molecule has 3 rings (SSSR count). The van der Waals surface area contributed by atoms with Crippen LogP contribution in [0.5, 0.6) is 5.75 Å². The molecule has 0 aliphatic heterocycles. The van der Waals surface area contributed by atoms with Gasteiger partial charge >= 0.3 is 0 Å². The molecule has 0 radical (unpaired) electrons. The molecule has 0 aliphatic carbocycles. The number of benzene rings is 3. The van der Waals surface area contributed by atoms with E-state index in [2.05, 4.69) is 0 Å². The van der Waals surface area contributed by atoms with E-state index in [-0.39, 0.29) is 11.7 Å². The number of ether oxygens (including phenoxy) is 1. The molecule has 4 nitrogen and oxygen atoms in total. The lowest BCUT2D eigenvalue weighted by atomic mass is 9.97. The topological polar surface area (TPSA) is 46.6 Å². The Kier molecular flexibility index (Phi) is 6.22. The lowest BCUT2D eigenvalue weighted by molar-refractivity contribution is 0.0780. The number of ketones is 1. The summed E-state index contributed by atoms with van der Waals surface area (Å²) in [5, 5.41) is 0. The van der Waals surface area contributed by atoms with E-state index < -0.39 is 0 Å². The lowest BCUT2D eigenvalue weighted by Crippen LogP contribution is -2.28. The Hall–Kier alpha value is -3.40. The molecule has 0 saturated heterocycles. The maximum Gasteiger partial charge on any atom is 0.254 e. The van der Waals surface area contributed by atoms with Gasteiger partial charge < -0.3 is 9.64 Å². The predicted molar refractivity (Wildman–Crippen MR) is 110 cm³/mol. The van der Waals surface area contributed by atoms with Gasteiger partial charge in [-0.05, 0) is 30.7 Å². The highest BCUT2D eigenvalue weighted by Gasteiger charge is 2.20. The molecule has 0 spiro atoms. The quantitative estimate of drug-likeness (QED) is 0.569. The average molecular weight is 373 g/mol. The van der Waals surface area contributed by atoms with E-state index in [0.29, 0.717) is 29.8 Å². The molecule has 0 unspecified atom stereocenters. The minimum absolute atomic E-state index is 0.154. The molecule has 28 heavy (non-hydrogen) atoms. The SMILES string of the molecule is CCOc1ccc(CN(C)C(=O)c2ccccc2C(=O)c2ccccc2)cc1. The molecule has 0 atom stereocenters. The van der Waals surface area contributed by atoms with Gasteiger partial charge in [0.25, 0.3) is 5.91 Å². The van der Waals surface area contributed by atoms with Gasteiger partial charge in [-0.2, -0.15) is 0 Å². The second kappa shape index (κ2) is 9.00. The van der Waals surface area contributed by atoms with Crippen molar-refractivity contribution in [3.05, 3.63) is 101 Å². The van der Waals surface area contributed by atoms with Crippen molar-refractivity contribution in [1.29, 1.82) is 0 Å². The van der Waals surface area contributed by atoms with Crippen LogP contribution in [-0.4, -0.2) is 30.2 Å². The third-order valence-corrected chi connectivity index (χ3v) is 4.44. The van der Waals surface area contributed by atoms with Gasteiger partial charge in [0.2, 0.25) is 0 Å². The lowest BCUT2D eigenvalue weighted by Gasteiger charge is -2.19. The van der Waals surface area contributed by atoms with Crippen molar-refractivity contribution in [2.45, 2.75) is 13.5 Å². The maximum atomic E-state index is 13.0. The number of hydrogen-bond donors (Lipinski definition) is 0. The highest BCUT2D eigenvalue weighted by Crippen LogP contribution is 2.18. The largest absolute Gasteiger partial charge is 0.494 e. The molecule has 0 N–H and O–H groups in total. The zero-order valence-electron chi connectivity index (χ0n) is 16.1. The fraction of sp³-hybridized carbons (Fsp3) is 0.167. The zero-order valence-corrected chi connectivity index (χ0v) is 16.1. The van der Waals surface area contributed by atoms with Gasteiger partial charge in [-0.3, -0.25) is 9.59 Å². The summed E-state index contributed by atoms with van der Waals surface area (Å²) in [7, 11) is 1.74. The number of amides is 1. The molecular weight excluding hydrogens is 350 g/mol. The standard InChI is InChI=1S/C24H23NO3/c1-3-28-20-15-13-18(14-16-20)17-25(2)24(27)22-12-8-7-11-21(22)23(26)19-9-5-4-6-10-19/h4-16H,3,17H2,1-2H3. The van der Waals surface area contributed by atoms with E-state index in [0.717, 1.165) is 11.3 Å². The Balaban J connectivity index is 1.79. The number of rotatable bonds is 7. The molecule has 1 amide bonds. The van der Waals surface area contributed by atoms with E-state index in [1.54, 1.807) is 48.3 Å². The number of carbonyl (C=O) groups is 2. The second-order valence-corrected chi connectivity index (χ2v) is 6.48. The van der Waals surface area contributed by atoms with Gasteiger partial charge in [-0.1, -0.05) is 60.7 Å². The molecule has 0 saturated carbocycles. The van der Waals surface area contributed by atoms with Crippen molar-refractivity contribution >= 4 is 11.7 Å². The Bertz CT molecular complexity index is 949. The number of carbonyl (C=O) groups excluding carboxylic acids is 2. The fourth-order valence-electron chi connectivity index (χ4n) is 3.02. The summed E-state index contributed by atoms with van der Waals surface area (Å²) in [5.74, 6) is 0.465. The fourth-order valence-corrected chi connectivity index (χ4v) is 3.02. The summed E-state index contributed by atoms with van der Waals surface area (Å²) >= 11 is 0. The summed E-state index contributed by atoms with van der Waals surface area (Å²) in [5.41, 5.74) is 2.38. The highest BCUT2D eigenvalue weighted by atomic mass is 16.5. The van der Waals surface area contributed by atoms with Gasteiger partial charge in [-0.25, -0.2) is 0 Å². The van der Waals surface area contributed by atoms with Crippen LogP contribution in [0, 0.1) is 0 Å². The Labute approximate surface area is 165 Å². The van der Waals surface area contributed by atoms with Crippen molar-refractivity contribution in [3.63, 3.8) is 0 Å². The molecule has 0 bridgehead atoms. The Morgan fingerprint density at radius 1 is 0.821 bits per heavy atom. The van der Waals surface area contributed by atoms with Crippen LogP contribution in [0.2, 0.25) is 0 Å². The molecule has 0 aromatic heterocycles. The van der Waals surface area contributed by atoms with Crippen LogP contribution >= 0.6 is 0 Å². The predicted octanol–water partition coefficient (Wildman–Crippen LogP) is 4.59. The zero-order chi connectivity index (χ0) is 19.9. The number of nitrogens with zero attached hydrogens (tertiary/aromatic N) is 1. The summed E-state index contributed by atoms with van der Waals surface area (Å²) in [6, 6.07) is 23.6. The normalized spacial score (nSPS) is 10.4. The summed E-state index contributed by atoms with van der Waals surface area (Å²) in [6.07, 6.45) is 0. The first kappa shape index (κ1) is 19.4. The molecule has 0 fully saturated rings. The van der Waals surface area contributed by atoms with Crippen LogP contribution in [0.1, 0.15) is 38.8 Å². The highest BCUT2D eigenvalue weighted by molar-refractivity contribution is 6.15. The first-order valence-corrected chi connectivity index (χ1v) is 9.26. The summed E-state index contributed by atoms with van der Waals surface area (Å²) in [4.78, 5) is 27.5. The van der Waals surface area contributed by atoms with Gasteiger partial charge in [0.15, 0.2) is 5.78 Å². The van der Waals surface area contributed by atoms with Crippen molar-refractivity contribution < 1.29 is 14.3 Å². The molecular formula is C24H23NO3. The minimum atomic E-state index is -0.186. The van der Waals surface area contributed by atoms with Crippen molar-refractivity contribution in [3.8, 4) is 5.75 Å². The van der Waals surface area contributed by atoms with Gasteiger partial charge in [-0.15, -0.1) is 0 Å². The summed E-state index contributed by atoms with van der Waals surface area (Å²) < 4.78 is 5.45. The van der Waals surface area contributed by atoms with Crippen molar-refractivity contribution in [2.24, 2.45) is 0 Å². The van der Waals surface area contributed by atoms with Gasteiger partial charge in [0.1, 0.15) is 5.75 Å². The Morgan fingerprint density at radius 2 is 1.43 bits per heavy atom. The molecule has 142 valence electrons. The Morgan fingerprint density at radius 3 is 2.07 bits per heavy atom. The number of hydrogen-bond acceptors (Lipinski definition) is 3. The molecule has 3 aromatic rings. The van der Waals surface area contributed by atoms with Crippen LogP contribution < -0.4 is 4.74 Å². The average Bonchev–Trinajstić information content (AvgIpc) is 2.75. The smallest absolute Gasteiger partial charge is 0.254 e. The second-order valence-electron chi connectivity index (χ2n) is 6.48. The maximum absolute atomic E-state index is 13.0. The van der Waals surface area contributed by atoms with Crippen LogP contribution in [0.25, 0.3) is 0 Å². The van der Waals surface area contributed by atoms with E-state index in [1.807, 2.05) is 49.4 Å². The van der Waals surface area contributed by atoms with Crippen LogP contribution in [0.4, 0.5) is 0 Å². The minimum Gasteiger partial charge on any atom is -0.494 e. The molecule has 4 heteroatoms. The summed E-state index contributed by atoms with van der Waals surface area (Å²) in [6.45, 7) is 3.00. The van der Waals surface area contributed by atoms with Gasteiger partial charge in [0.05, 0.1) is 12.2 Å². The monoisotopic (exact) mass is 373 g/mol. The van der Waals surface area contributed by atoms with E-state index >= 15 is 0 Å².